The number of thiophene rings is 1. The minimum Gasteiger partial charge on any atom is -0.481 e. The Morgan fingerprint density at radius 1 is 1.32 bits per heavy atom. The van der Waals surface area contributed by atoms with Crippen LogP contribution in [-0.2, 0) is 14.3 Å². The number of carbonyl (C=O) groups excluding carboxylic acids is 2. The topological polar surface area (TPSA) is 92.7 Å². The van der Waals surface area contributed by atoms with Crippen molar-refractivity contribution in [2.75, 3.05) is 12.4 Å². The number of esters is 1. The van der Waals surface area contributed by atoms with Gasteiger partial charge in [0.05, 0.1) is 19.2 Å². The van der Waals surface area contributed by atoms with E-state index >= 15 is 0 Å². The van der Waals surface area contributed by atoms with E-state index in [-0.39, 0.29) is 18.7 Å². The van der Waals surface area contributed by atoms with E-state index in [1.54, 1.807) is 11.4 Å². The molecule has 0 atom stereocenters. The molecule has 0 spiro atoms. The van der Waals surface area contributed by atoms with Gasteiger partial charge in [-0.1, -0.05) is 12.8 Å². The minimum atomic E-state index is -0.875. The van der Waals surface area contributed by atoms with E-state index in [0.29, 0.717) is 10.6 Å². The molecular weight excluding hydrogens is 306 g/mol. The smallest absolute Gasteiger partial charge is 0.350 e. The second-order valence-electron chi connectivity index (χ2n) is 5.66. The number of anilines is 1. The highest BCUT2D eigenvalue weighted by atomic mass is 32.1. The molecule has 2 N–H and O–H groups in total. The summed E-state index contributed by atoms with van der Waals surface area (Å²) in [7, 11) is 1.29. The summed E-state index contributed by atoms with van der Waals surface area (Å²) < 4.78 is 4.67. The molecule has 0 saturated heterocycles. The quantitative estimate of drug-likeness (QED) is 0.785. The molecule has 0 radical (unpaired) electrons. The van der Waals surface area contributed by atoms with Crippen molar-refractivity contribution in [3.63, 3.8) is 0 Å². The van der Waals surface area contributed by atoms with Gasteiger partial charge in [0.1, 0.15) is 4.88 Å². The number of ether oxygens (including phenoxy) is 1. The van der Waals surface area contributed by atoms with E-state index < -0.39 is 17.4 Å². The summed E-state index contributed by atoms with van der Waals surface area (Å²) >= 11 is 1.19. The number of hydrogen-bond donors (Lipinski definition) is 2. The molecule has 1 aliphatic carbocycles. The molecule has 22 heavy (non-hydrogen) atoms. The van der Waals surface area contributed by atoms with Crippen LogP contribution >= 0.6 is 11.3 Å². The number of amides is 1. The van der Waals surface area contributed by atoms with Crippen molar-refractivity contribution in [2.24, 2.45) is 5.41 Å². The van der Waals surface area contributed by atoms with Crippen LogP contribution in [0.5, 0.6) is 0 Å². The molecule has 2 rings (SSSR count). The van der Waals surface area contributed by atoms with Crippen LogP contribution in [0.15, 0.2) is 11.4 Å². The molecule has 1 amide bonds. The van der Waals surface area contributed by atoms with E-state index in [9.17, 15) is 14.4 Å². The van der Waals surface area contributed by atoms with Crippen molar-refractivity contribution >= 4 is 34.9 Å². The molecule has 1 fully saturated rings. The highest BCUT2D eigenvalue weighted by Gasteiger charge is 2.38. The predicted octanol–water partition coefficient (Wildman–Crippen LogP) is 2.90. The molecule has 1 aromatic heterocycles. The first-order valence-electron chi connectivity index (χ1n) is 7.13. The molecular formula is C15H19NO5S. The van der Waals surface area contributed by atoms with Gasteiger partial charge in [0.2, 0.25) is 5.91 Å². The lowest BCUT2D eigenvalue weighted by atomic mass is 9.79. The summed E-state index contributed by atoms with van der Waals surface area (Å²) in [5.74, 6) is -1.63. The molecule has 6 nitrogen and oxygen atoms in total. The molecule has 0 bridgehead atoms. The number of rotatable bonds is 6. The first-order valence-corrected chi connectivity index (χ1v) is 8.01. The number of carboxylic acid groups (broad SMARTS) is 1. The van der Waals surface area contributed by atoms with E-state index in [2.05, 4.69) is 10.1 Å². The first kappa shape index (κ1) is 16.5. The van der Waals surface area contributed by atoms with Gasteiger partial charge in [-0.2, -0.15) is 0 Å². The van der Waals surface area contributed by atoms with Crippen LogP contribution < -0.4 is 5.32 Å². The van der Waals surface area contributed by atoms with Crippen LogP contribution in [0.3, 0.4) is 0 Å². The third-order valence-electron chi connectivity index (χ3n) is 4.04. The lowest BCUT2D eigenvalue weighted by Gasteiger charge is -2.26. The Morgan fingerprint density at radius 3 is 2.59 bits per heavy atom. The summed E-state index contributed by atoms with van der Waals surface area (Å²) in [6.07, 6.45) is 3.57. The maximum atomic E-state index is 12.3. The molecule has 0 aliphatic heterocycles. The van der Waals surface area contributed by atoms with Crippen molar-refractivity contribution in [1.82, 2.24) is 0 Å². The average molecular weight is 325 g/mol. The summed E-state index contributed by atoms with van der Waals surface area (Å²) in [5, 5.41) is 13.5. The van der Waals surface area contributed by atoms with E-state index in [0.717, 1.165) is 25.7 Å². The fourth-order valence-electron chi connectivity index (χ4n) is 3.06. The zero-order chi connectivity index (χ0) is 16.2. The van der Waals surface area contributed by atoms with Gasteiger partial charge in [-0.3, -0.25) is 9.59 Å². The molecule has 0 aromatic carbocycles. The Hall–Kier alpha value is -1.89. The Morgan fingerprint density at radius 2 is 2.00 bits per heavy atom. The van der Waals surface area contributed by atoms with Gasteiger partial charge in [0.15, 0.2) is 0 Å². The highest BCUT2D eigenvalue weighted by Crippen LogP contribution is 2.44. The highest BCUT2D eigenvalue weighted by molar-refractivity contribution is 7.12. The summed E-state index contributed by atoms with van der Waals surface area (Å²) in [5.41, 5.74) is -0.0394. The molecule has 1 saturated carbocycles. The van der Waals surface area contributed by atoms with Crippen molar-refractivity contribution in [3.05, 3.63) is 16.3 Å². The monoisotopic (exact) mass is 325 g/mol. The number of aliphatic carboxylic acids is 1. The van der Waals surface area contributed by atoms with Gasteiger partial charge in [0.25, 0.3) is 0 Å². The first-order chi connectivity index (χ1) is 10.5. The Balaban J connectivity index is 2.04. The standard InChI is InChI=1S/C15H19NO5S/c1-21-14(20)13-10(4-7-22-13)16-11(17)8-15(9-12(18)19)5-2-3-6-15/h4,7H,2-3,5-6,8-9H2,1H3,(H,16,17)(H,18,19). The van der Waals surface area contributed by atoms with Crippen molar-refractivity contribution < 1.29 is 24.2 Å². The predicted molar refractivity (Wildman–Crippen MR) is 82.1 cm³/mol. The lowest BCUT2D eigenvalue weighted by Crippen LogP contribution is -2.28. The van der Waals surface area contributed by atoms with Crippen molar-refractivity contribution in [1.29, 1.82) is 0 Å². The second-order valence-corrected chi connectivity index (χ2v) is 6.57. The number of hydrogen-bond acceptors (Lipinski definition) is 5. The van der Waals surface area contributed by atoms with E-state index in [1.165, 1.54) is 18.4 Å². The largest absolute Gasteiger partial charge is 0.481 e. The van der Waals surface area contributed by atoms with Crippen LogP contribution in [0.25, 0.3) is 0 Å². The SMILES string of the molecule is COC(=O)c1sccc1NC(=O)CC1(CC(=O)O)CCCC1. The summed E-state index contributed by atoms with van der Waals surface area (Å²) in [6, 6.07) is 1.65. The van der Waals surface area contributed by atoms with Gasteiger partial charge >= 0.3 is 11.9 Å². The third kappa shape index (κ3) is 3.85. The third-order valence-corrected chi connectivity index (χ3v) is 4.93. The van der Waals surface area contributed by atoms with Crippen LogP contribution in [0.1, 0.15) is 48.2 Å². The fraction of sp³-hybridized carbons (Fsp3) is 0.533. The molecule has 1 heterocycles. The average Bonchev–Trinajstić information content (AvgIpc) is 3.07. The fourth-order valence-corrected chi connectivity index (χ4v) is 3.82. The Bertz CT molecular complexity index is 574. The van der Waals surface area contributed by atoms with Gasteiger partial charge in [0, 0.05) is 6.42 Å². The van der Waals surface area contributed by atoms with Crippen LogP contribution in [0.4, 0.5) is 5.69 Å². The van der Waals surface area contributed by atoms with Crippen molar-refractivity contribution in [2.45, 2.75) is 38.5 Å². The van der Waals surface area contributed by atoms with Crippen molar-refractivity contribution in [3.8, 4) is 0 Å². The van der Waals surface area contributed by atoms with Gasteiger partial charge in [-0.05, 0) is 29.7 Å². The summed E-state index contributed by atoms with van der Waals surface area (Å²) in [6.45, 7) is 0. The lowest BCUT2D eigenvalue weighted by molar-refractivity contribution is -0.140. The van der Waals surface area contributed by atoms with E-state index in [4.69, 9.17) is 5.11 Å². The normalized spacial score (nSPS) is 16.2. The van der Waals surface area contributed by atoms with Gasteiger partial charge in [-0.15, -0.1) is 11.3 Å². The molecule has 120 valence electrons. The van der Waals surface area contributed by atoms with Crippen LogP contribution in [0, 0.1) is 5.41 Å². The zero-order valence-electron chi connectivity index (χ0n) is 12.4. The Labute approximate surface area is 132 Å². The second kappa shape index (κ2) is 6.91. The number of carbonyl (C=O) groups is 3. The molecule has 1 aromatic rings. The summed E-state index contributed by atoms with van der Waals surface area (Å²) in [4.78, 5) is 35.2. The van der Waals surface area contributed by atoms with Crippen LogP contribution in [0.2, 0.25) is 0 Å². The minimum absolute atomic E-state index is 0.00785. The number of methoxy groups -OCH3 is 1. The Kier molecular flexibility index (Phi) is 5.18. The molecule has 1 aliphatic rings. The molecule has 0 unspecified atom stereocenters. The van der Waals surface area contributed by atoms with Gasteiger partial charge < -0.3 is 15.2 Å². The maximum absolute atomic E-state index is 12.3. The number of carboxylic acids is 1. The number of nitrogens with one attached hydrogen (secondary N) is 1. The zero-order valence-corrected chi connectivity index (χ0v) is 13.2. The molecule has 7 heteroatoms. The van der Waals surface area contributed by atoms with E-state index in [1.807, 2.05) is 0 Å². The van der Waals surface area contributed by atoms with Crippen LogP contribution in [-0.4, -0.2) is 30.1 Å². The van der Waals surface area contributed by atoms with Gasteiger partial charge in [-0.25, -0.2) is 4.79 Å². The maximum Gasteiger partial charge on any atom is 0.350 e.